The van der Waals surface area contributed by atoms with E-state index in [4.69, 9.17) is 32.5 Å². The van der Waals surface area contributed by atoms with Crippen LogP contribution in [-0.2, 0) is 13.1 Å². The molecule has 0 radical (unpaired) electrons. The molecule has 2 amide bonds. The van der Waals surface area contributed by atoms with Crippen molar-refractivity contribution in [3.63, 3.8) is 0 Å². The molecule has 1 aliphatic rings. The van der Waals surface area contributed by atoms with Crippen LogP contribution in [0, 0.1) is 0 Å². The number of aromatic amines is 2. The molecule has 6 aromatic rings. The van der Waals surface area contributed by atoms with Gasteiger partial charge in [0, 0.05) is 61.2 Å². The van der Waals surface area contributed by atoms with Crippen molar-refractivity contribution in [1.82, 2.24) is 35.4 Å². The normalized spacial score (nSPS) is 13.5. The Labute approximate surface area is 345 Å². The van der Waals surface area contributed by atoms with Gasteiger partial charge in [-0.15, -0.1) is 11.3 Å². The number of hydrogen-bond donors (Lipinski definition) is 6. The summed E-state index contributed by atoms with van der Waals surface area (Å²) in [6.45, 7) is 10.3. The van der Waals surface area contributed by atoms with Crippen molar-refractivity contribution in [3.8, 4) is 22.3 Å². The summed E-state index contributed by atoms with van der Waals surface area (Å²) >= 11 is 8.07. The van der Waals surface area contributed by atoms with Crippen LogP contribution in [0.5, 0.6) is 22.3 Å². The van der Waals surface area contributed by atoms with Gasteiger partial charge in [0.2, 0.25) is 0 Å². The molecular formula is C41H48ClN11O4S. The topological polar surface area (TPSA) is 204 Å². The van der Waals surface area contributed by atoms with Gasteiger partial charge in [0.25, 0.3) is 11.8 Å². The SMILES string of the molecule is CCN(CC)Cc1cncc(Oc2cc(Cl)c3cc(C(=O)NC(N)=NC)[nH]c3c2)c1.CN=C(N)NC(=O)c1cc2cccc(Oc3ccc(CN4CCCC4)s3)c2[nH]1. The van der Waals surface area contributed by atoms with Crippen molar-refractivity contribution < 1.29 is 19.1 Å². The second-order valence-corrected chi connectivity index (χ2v) is 15.0. The smallest absolute Gasteiger partial charge is 0.274 e. The zero-order chi connectivity index (χ0) is 41.2. The fourth-order valence-electron chi connectivity index (χ4n) is 6.38. The first kappa shape index (κ1) is 41.7. The molecule has 4 aromatic heterocycles. The molecule has 5 heterocycles. The third kappa shape index (κ3) is 10.7. The van der Waals surface area contributed by atoms with Crippen molar-refractivity contribution in [2.45, 2.75) is 39.8 Å². The number of fused-ring (bicyclic) bond motifs is 2. The Balaban J connectivity index is 0.000000196. The number of nitrogens with one attached hydrogen (secondary N) is 4. The first-order valence-electron chi connectivity index (χ1n) is 18.9. The molecule has 2 aromatic carbocycles. The summed E-state index contributed by atoms with van der Waals surface area (Å²) in [4.78, 5) is 48.5. The molecule has 1 aliphatic heterocycles. The zero-order valence-corrected chi connectivity index (χ0v) is 34.5. The number of hydrogen-bond acceptors (Lipinski definition) is 10. The van der Waals surface area contributed by atoms with Crippen LogP contribution in [-0.4, -0.2) is 88.8 Å². The molecule has 58 heavy (non-hydrogen) atoms. The molecule has 0 aliphatic carbocycles. The summed E-state index contributed by atoms with van der Waals surface area (Å²) in [7, 11) is 3.01. The lowest BCUT2D eigenvalue weighted by Gasteiger charge is -2.18. The number of pyridine rings is 1. The van der Waals surface area contributed by atoms with E-state index in [1.54, 1.807) is 41.8 Å². The maximum atomic E-state index is 12.3. The third-order valence-electron chi connectivity index (χ3n) is 9.47. The van der Waals surface area contributed by atoms with Crippen LogP contribution in [0.1, 0.15) is 58.1 Å². The number of para-hydroxylation sites is 1. The number of nitrogens with zero attached hydrogens (tertiary/aromatic N) is 5. The average molecular weight is 826 g/mol. The van der Waals surface area contributed by atoms with Gasteiger partial charge in [-0.3, -0.25) is 45.0 Å². The molecule has 0 atom stereocenters. The van der Waals surface area contributed by atoms with Crippen LogP contribution in [0.2, 0.25) is 5.02 Å². The average Bonchev–Trinajstić information content (AvgIpc) is 4.05. The number of likely N-dealkylation sites (tertiary alicyclic amines) is 1. The second-order valence-electron chi connectivity index (χ2n) is 13.5. The van der Waals surface area contributed by atoms with Gasteiger partial charge in [0.15, 0.2) is 22.7 Å². The number of aromatic nitrogens is 3. The molecule has 0 bridgehead atoms. The third-order valence-corrected chi connectivity index (χ3v) is 10.7. The summed E-state index contributed by atoms with van der Waals surface area (Å²) in [5.74, 6) is 1.21. The number of benzene rings is 2. The number of halogens is 1. The number of aliphatic imine (C=N–C) groups is 2. The van der Waals surface area contributed by atoms with E-state index in [2.05, 4.69) is 65.3 Å². The molecular weight excluding hydrogens is 778 g/mol. The first-order chi connectivity index (χ1) is 28.0. The fourth-order valence-corrected chi connectivity index (χ4v) is 7.55. The number of guanidine groups is 2. The minimum atomic E-state index is -0.402. The molecule has 7 rings (SSSR count). The Kier molecular flexibility index (Phi) is 14.0. The number of amides is 2. The Hall–Kier alpha value is -5.94. The summed E-state index contributed by atoms with van der Waals surface area (Å²) < 4.78 is 12.1. The summed E-state index contributed by atoms with van der Waals surface area (Å²) in [6, 6.07) is 18.7. The van der Waals surface area contributed by atoms with E-state index in [-0.39, 0.29) is 17.8 Å². The number of rotatable bonds is 12. The highest BCUT2D eigenvalue weighted by Crippen LogP contribution is 2.35. The molecule has 0 unspecified atom stereocenters. The molecule has 8 N–H and O–H groups in total. The summed E-state index contributed by atoms with van der Waals surface area (Å²) in [6.07, 6.45) is 6.07. The van der Waals surface area contributed by atoms with Gasteiger partial charge in [-0.25, -0.2) is 0 Å². The summed E-state index contributed by atoms with van der Waals surface area (Å²) in [5, 5.41) is 7.90. The number of nitrogens with two attached hydrogens (primary N) is 2. The maximum Gasteiger partial charge on any atom is 0.274 e. The minimum Gasteiger partial charge on any atom is -0.456 e. The van der Waals surface area contributed by atoms with E-state index in [1.165, 1.54) is 44.9 Å². The lowest BCUT2D eigenvalue weighted by molar-refractivity contribution is 0.0964. The number of ether oxygens (including phenoxy) is 2. The van der Waals surface area contributed by atoms with Gasteiger partial charge in [-0.05, 0) is 81.0 Å². The van der Waals surface area contributed by atoms with Crippen molar-refractivity contribution in [2.75, 3.05) is 40.3 Å². The molecule has 17 heteroatoms. The van der Waals surface area contributed by atoms with Crippen molar-refractivity contribution >= 4 is 68.5 Å². The van der Waals surface area contributed by atoms with E-state index in [0.717, 1.165) is 47.7 Å². The molecule has 15 nitrogen and oxygen atoms in total. The standard InChI is InChI=1S/C21H25ClN6O2.C20H23N5O2S/c1-4-28(5-2)12-13-6-15(11-25-10-13)30-14-7-17(22)16-9-19(26-18(16)8-14)20(29)27-21(23)24-3;1-22-20(21)24-19(26)15-11-13-5-4-6-16(18(13)23-15)27-17-8-7-14(28-17)12-25-9-2-3-10-25/h6-11,26H,4-5,12H2,1-3H3,(H3,23,24,27,29);4-8,11,23H,2-3,9-10,12H2,1H3,(H3,21,22,24,26). The zero-order valence-electron chi connectivity index (χ0n) is 32.9. The van der Waals surface area contributed by atoms with Gasteiger partial charge < -0.3 is 30.9 Å². The van der Waals surface area contributed by atoms with Crippen LogP contribution in [0.25, 0.3) is 21.8 Å². The van der Waals surface area contributed by atoms with Gasteiger partial charge in [0.1, 0.15) is 22.9 Å². The Bertz CT molecular complexity index is 2430. The largest absolute Gasteiger partial charge is 0.456 e. The van der Waals surface area contributed by atoms with Crippen LogP contribution in [0.15, 0.2) is 83.0 Å². The van der Waals surface area contributed by atoms with Crippen LogP contribution in [0.3, 0.4) is 0 Å². The molecule has 304 valence electrons. The lowest BCUT2D eigenvalue weighted by atomic mass is 10.2. The van der Waals surface area contributed by atoms with Crippen LogP contribution >= 0.6 is 22.9 Å². The number of carbonyl (C=O) groups excluding carboxylic acids is 2. The van der Waals surface area contributed by atoms with Gasteiger partial charge in [0.05, 0.1) is 22.3 Å². The van der Waals surface area contributed by atoms with Gasteiger partial charge in [-0.1, -0.05) is 37.6 Å². The first-order valence-corrected chi connectivity index (χ1v) is 20.1. The van der Waals surface area contributed by atoms with E-state index in [9.17, 15) is 9.59 Å². The predicted octanol–water partition coefficient (Wildman–Crippen LogP) is 6.82. The number of H-pyrrole nitrogens is 2. The summed E-state index contributed by atoms with van der Waals surface area (Å²) in [5.41, 5.74) is 14.4. The van der Waals surface area contributed by atoms with Crippen molar-refractivity contribution in [1.29, 1.82) is 0 Å². The van der Waals surface area contributed by atoms with E-state index < -0.39 is 5.91 Å². The van der Waals surface area contributed by atoms with Crippen molar-refractivity contribution in [2.24, 2.45) is 21.5 Å². The van der Waals surface area contributed by atoms with E-state index in [0.29, 0.717) is 44.6 Å². The quantitative estimate of drug-likeness (QED) is 0.0565. The number of carbonyl (C=O) groups is 2. The second kappa shape index (κ2) is 19.5. The Morgan fingerprint density at radius 2 is 1.60 bits per heavy atom. The highest BCUT2D eigenvalue weighted by atomic mass is 35.5. The molecule has 1 saturated heterocycles. The van der Waals surface area contributed by atoms with Crippen LogP contribution in [0.4, 0.5) is 0 Å². The minimum absolute atomic E-state index is 0.0332. The highest BCUT2D eigenvalue weighted by molar-refractivity contribution is 7.13. The lowest BCUT2D eigenvalue weighted by Crippen LogP contribution is -2.36. The van der Waals surface area contributed by atoms with Gasteiger partial charge in [-0.2, -0.15) is 0 Å². The van der Waals surface area contributed by atoms with Gasteiger partial charge >= 0.3 is 0 Å². The Morgan fingerprint density at radius 3 is 2.29 bits per heavy atom. The van der Waals surface area contributed by atoms with Crippen LogP contribution < -0.4 is 31.6 Å². The number of thiophene rings is 1. The molecule has 1 fully saturated rings. The fraction of sp³-hybridized carbons (Fsp3) is 0.293. The molecule has 0 spiro atoms. The van der Waals surface area contributed by atoms with Crippen molar-refractivity contribution in [3.05, 3.63) is 99.9 Å². The monoisotopic (exact) mass is 825 g/mol. The predicted molar refractivity (Wildman–Crippen MR) is 231 cm³/mol. The van der Waals surface area contributed by atoms with E-state index >= 15 is 0 Å². The molecule has 0 saturated carbocycles. The maximum absolute atomic E-state index is 12.3. The Morgan fingerprint density at radius 1 is 0.897 bits per heavy atom. The van der Waals surface area contributed by atoms with E-state index in [1.807, 2.05) is 36.5 Å². The highest BCUT2D eigenvalue weighted by Gasteiger charge is 2.17.